The zero-order valence-electron chi connectivity index (χ0n) is 13.1. The Balaban J connectivity index is 1.40. The first kappa shape index (κ1) is 16.1. The van der Waals surface area contributed by atoms with E-state index in [1.54, 1.807) is 11.3 Å². The number of benzene rings is 1. The molecular weight excluding hydrogens is 328 g/mol. The average molecular weight is 344 g/mol. The van der Waals surface area contributed by atoms with Gasteiger partial charge in [-0.1, -0.05) is 17.7 Å². The number of ether oxygens (including phenoxy) is 2. The smallest absolute Gasteiger partial charge is 0.329 e. The predicted molar refractivity (Wildman–Crippen MR) is 88.8 cm³/mol. The topological polar surface area (TPSA) is 79.1 Å². The highest BCUT2D eigenvalue weighted by Gasteiger charge is 2.10. The van der Waals surface area contributed by atoms with Gasteiger partial charge in [-0.2, -0.15) is 16.1 Å². The summed E-state index contributed by atoms with van der Waals surface area (Å²) in [6.45, 7) is 2.38. The van der Waals surface area contributed by atoms with Gasteiger partial charge in [0.15, 0.2) is 6.54 Å². The van der Waals surface area contributed by atoms with Crippen LogP contribution >= 0.6 is 11.3 Å². The van der Waals surface area contributed by atoms with Crippen LogP contribution in [0.3, 0.4) is 0 Å². The lowest BCUT2D eigenvalue weighted by molar-refractivity contribution is -0.145. The van der Waals surface area contributed by atoms with Gasteiger partial charge in [-0.15, -0.1) is 10.2 Å². The van der Waals surface area contributed by atoms with E-state index in [1.807, 2.05) is 48.0 Å². The molecule has 0 saturated carbocycles. The predicted octanol–water partition coefficient (Wildman–Crippen LogP) is 2.33. The largest absolute Gasteiger partial charge is 0.490 e. The first-order chi connectivity index (χ1) is 11.7. The molecule has 0 aliphatic rings. The number of esters is 1. The SMILES string of the molecule is Cc1ccc(OCCOC(=O)Cn2nnc(-c3ccsc3)n2)cc1. The molecule has 0 aliphatic carbocycles. The van der Waals surface area contributed by atoms with Crippen molar-refractivity contribution >= 4 is 17.3 Å². The highest BCUT2D eigenvalue weighted by atomic mass is 32.1. The maximum atomic E-state index is 11.8. The van der Waals surface area contributed by atoms with Crippen molar-refractivity contribution in [2.75, 3.05) is 13.2 Å². The number of nitrogens with zero attached hydrogens (tertiary/aromatic N) is 4. The molecule has 0 unspecified atom stereocenters. The van der Waals surface area contributed by atoms with Gasteiger partial charge < -0.3 is 9.47 Å². The van der Waals surface area contributed by atoms with Crippen LogP contribution in [-0.2, 0) is 16.1 Å². The molecule has 0 bridgehead atoms. The summed E-state index contributed by atoms with van der Waals surface area (Å²) in [5.74, 6) is 0.804. The maximum Gasteiger partial charge on any atom is 0.329 e. The van der Waals surface area contributed by atoms with Crippen LogP contribution < -0.4 is 4.74 Å². The van der Waals surface area contributed by atoms with E-state index in [1.165, 1.54) is 4.80 Å². The van der Waals surface area contributed by atoms with Crippen molar-refractivity contribution in [3.05, 3.63) is 46.7 Å². The third-order valence-electron chi connectivity index (χ3n) is 3.14. The lowest BCUT2D eigenvalue weighted by Crippen LogP contribution is -2.18. The molecule has 0 amide bonds. The van der Waals surface area contributed by atoms with Gasteiger partial charge in [0.2, 0.25) is 5.82 Å². The number of thiophene rings is 1. The van der Waals surface area contributed by atoms with Gasteiger partial charge >= 0.3 is 5.97 Å². The summed E-state index contributed by atoms with van der Waals surface area (Å²) in [6.07, 6.45) is 0. The molecular formula is C16H16N4O3S. The van der Waals surface area contributed by atoms with Gasteiger partial charge in [0, 0.05) is 10.9 Å². The molecule has 124 valence electrons. The number of carbonyl (C=O) groups excluding carboxylic acids is 1. The third-order valence-corrected chi connectivity index (χ3v) is 3.82. The molecule has 0 spiro atoms. The van der Waals surface area contributed by atoms with E-state index in [4.69, 9.17) is 9.47 Å². The van der Waals surface area contributed by atoms with Gasteiger partial charge in [0.1, 0.15) is 19.0 Å². The second-order valence-corrected chi connectivity index (χ2v) is 5.82. The Bertz CT molecular complexity index is 784. The van der Waals surface area contributed by atoms with Crippen molar-refractivity contribution in [3.8, 4) is 17.1 Å². The normalized spacial score (nSPS) is 10.5. The fourth-order valence-corrected chi connectivity index (χ4v) is 2.56. The van der Waals surface area contributed by atoms with Crippen LogP contribution in [0, 0.1) is 6.92 Å². The summed E-state index contributed by atoms with van der Waals surface area (Å²) in [6, 6.07) is 9.57. The first-order valence-corrected chi connectivity index (χ1v) is 8.30. The molecule has 0 saturated heterocycles. The molecule has 0 atom stereocenters. The minimum Gasteiger partial charge on any atom is -0.490 e. The number of tetrazole rings is 1. The summed E-state index contributed by atoms with van der Waals surface area (Å²) < 4.78 is 10.6. The van der Waals surface area contributed by atoms with Gasteiger partial charge in [-0.3, -0.25) is 0 Å². The van der Waals surface area contributed by atoms with Crippen molar-refractivity contribution in [2.24, 2.45) is 0 Å². The number of carbonyl (C=O) groups is 1. The quantitative estimate of drug-likeness (QED) is 0.483. The number of hydrogen-bond acceptors (Lipinski definition) is 7. The second kappa shape index (κ2) is 7.69. The molecule has 0 N–H and O–H groups in total. The van der Waals surface area contributed by atoms with Gasteiger partial charge in [-0.25, -0.2) is 4.79 Å². The van der Waals surface area contributed by atoms with Crippen molar-refractivity contribution in [2.45, 2.75) is 13.5 Å². The molecule has 0 fully saturated rings. The molecule has 1 aromatic carbocycles. The summed E-state index contributed by atoms with van der Waals surface area (Å²) in [5, 5.41) is 15.7. The number of aromatic nitrogens is 4. The van der Waals surface area contributed by atoms with Gasteiger partial charge in [0.25, 0.3) is 0 Å². The van der Waals surface area contributed by atoms with Crippen molar-refractivity contribution in [1.82, 2.24) is 20.2 Å². The summed E-state index contributed by atoms with van der Waals surface area (Å²) in [7, 11) is 0. The average Bonchev–Trinajstić information content (AvgIpc) is 3.24. The van der Waals surface area contributed by atoms with Crippen LogP contribution in [0.5, 0.6) is 5.75 Å². The van der Waals surface area contributed by atoms with E-state index in [9.17, 15) is 4.79 Å². The minimum absolute atomic E-state index is 0.0817. The number of rotatable bonds is 7. The Morgan fingerprint density at radius 1 is 1.21 bits per heavy atom. The molecule has 7 nitrogen and oxygen atoms in total. The number of aryl methyl sites for hydroxylation is 1. The van der Waals surface area contributed by atoms with Crippen LogP contribution in [0.15, 0.2) is 41.1 Å². The third kappa shape index (κ3) is 4.39. The van der Waals surface area contributed by atoms with E-state index in [-0.39, 0.29) is 13.2 Å². The molecule has 8 heteroatoms. The van der Waals surface area contributed by atoms with Crippen LogP contribution in [0.2, 0.25) is 0 Å². The Hall–Kier alpha value is -2.74. The second-order valence-electron chi connectivity index (χ2n) is 5.04. The van der Waals surface area contributed by atoms with E-state index in [0.29, 0.717) is 12.4 Å². The lowest BCUT2D eigenvalue weighted by Gasteiger charge is -2.07. The van der Waals surface area contributed by atoms with Crippen LogP contribution in [0.4, 0.5) is 0 Å². The molecule has 3 rings (SSSR count). The molecule has 24 heavy (non-hydrogen) atoms. The Morgan fingerprint density at radius 3 is 2.79 bits per heavy atom. The highest BCUT2D eigenvalue weighted by Crippen LogP contribution is 2.16. The van der Waals surface area contributed by atoms with Crippen LogP contribution in [-0.4, -0.2) is 39.4 Å². The zero-order chi connectivity index (χ0) is 16.8. The van der Waals surface area contributed by atoms with E-state index < -0.39 is 5.97 Å². The molecule has 0 radical (unpaired) electrons. The summed E-state index contributed by atoms with van der Waals surface area (Å²) in [5.41, 5.74) is 2.04. The summed E-state index contributed by atoms with van der Waals surface area (Å²) >= 11 is 1.55. The van der Waals surface area contributed by atoms with Gasteiger partial charge in [0.05, 0.1) is 0 Å². The highest BCUT2D eigenvalue weighted by molar-refractivity contribution is 7.08. The summed E-state index contributed by atoms with van der Waals surface area (Å²) in [4.78, 5) is 13.0. The fourth-order valence-electron chi connectivity index (χ4n) is 1.93. The van der Waals surface area contributed by atoms with Gasteiger partial charge in [-0.05, 0) is 35.7 Å². The Labute approximate surface area is 142 Å². The standard InChI is InChI=1S/C16H16N4O3S/c1-12-2-4-14(5-3-12)22-7-8-23-15(21)10-20-18-16(17-19-20)13-6-9-24-11-13/h2-6,9,11H,7-8,10H2,1H3. The van der Waals surface area contributed by atoms with Crippen molar-refractivity contribution in [1.29, 1.82) is 0 Å². The Morgan fingerprint density at radius 2 is 2.04 bits per heavy atom. The van der Waals surface area contributed by atoms with E-state index >= 15 is 0 Å². The molecule has 3 aromatic rings. The van der Waals surface area contributed by atoms with E-state index in [0.717, 1.165) is 16.9 Å². The number of hydrogen-bond donors (Lipinski definition) is 0. The fraction of sp³-hybridized carbons (Fsp3) is 0.250. The van der Waals surface area contributed by atoms with E-state index in [2.05, 4.69) is 15.4 Å². The molecule has 2 heterocycles. The van der Waals surface area contributed by atoms with Crippen LogP contribution in [0.25, 0.3) is 11.4 Å². The van der Waals surface area contributed by atoms with Crippen molar-refractivity contribution in [3.63, 3.8) is 0 Å². The van der Waals surface area contributed by atoms with Crippen LogP contribution in [0.1, 0.15) is 5.56 Å². The van der Waals surface area contributed by atoms with Crippen molar-refractivity contribution < 1.29 is 14.3 Å². The lowest BCUT2D eigenvalue weighted by atomic mass is 10.2. The first-order valence-electron chi connectivity index (χ1n) is 7.36. The zero-order valence-corrected chi connectivity index (χ0v) is 13.9. The molecule has 2 aromatic heterocycles. The minimum atomic E-state index is -0.434. The monoisotopic (exact) mass is 344 g/mol. The maximum absolute atomic E-state index is 11.8. The molecule has 0 aliphatic heterocycles. The Kier molecular flexibility index (Phi) is 5.17.